The summed E-state index contributed by atoms with van der Waals surface area (Å²) in [6, 6.07) is 13.5. The lowest BCUT2D eigenvalue weighted by Gasteiger charge is -2.10. The highest BCUT2D eigenvalue weighted by atomic mass is 19.1. The van der Waals surface area contributed by atoms with E-state index in [1.54, 1.807) is 6.07 Å². The third-order valence-corrected chi connectivity index (χ3v) is 3.50. The van der Waals surface area contributed by atoms with E-state index in [9.17, 15) is 4.39 Å². The van der Waals surface area contributed by atoms with Crippen LogP contribution in [-0.2, 0) is 6.54 Å². The van der Waals surface area contributed by atoms with Gasteiger partial charge in [-0.2, -0.15) is 0 Å². The monoisotopic (exact) mass is 271 g/mol. The molecule has 0 radical (unpaired) electrons. The van der Waals surface area contributed by atoms with Gasteiger partial charge in [-0.05, 0) is 41.3 Å². The first kappa shape index (κ1) is 14.7. The Kier molecular flexibility index (Phi) is 4.91. The molecule has 0 atom stereocenters. The quantitative estimate of drug-likeness (QED) is 0.829. The predicted octanol–water partition coefficient (Wildman–Crippen LogP) is 4.73. The number of rotatable bonds is 5. The lowest BCUT2D eigenvalue weighted by Crippen LogP contribution is -2.11. The molecule has 0 heterocycles. The molecule has 2 rings (SSSR count). The smallest absolute Gasteiger partial charge is 0.131 e. The van der Waals surface area contributed by atoms with Crippen molar-refractivity contribution in [1.29, 1.82) is 0 Å². The van der Waals surface area contributed by atoms with Crippen LogP contribution in [-0.4, -0.2) is 6.54 Å². The van der Waals surface area contributed by atoms with Crippen LogP contribution < -0.4 is 5.32 Å². The Bertz CT molecular complexity index is 558. The third-order valence-electron chi connectivity index (χ3n) is 3.50. The molecular weight excluding hydrogens is 249 g/mol. The molecule has 2 aromatic rings. The van der Waals surface area contributed by atoms with Gasteiger partial charge in [0, 0.05) is 12.1 Å². The van der Waals surface area contributed by atoms with Gasteiger partial charge in [-0.15, -0.1) is 0 Å². The molecule has 2 heteroatoms. The highest BCUT2D eigenvalue weighted by molar-refractivity contribution is 5.65. The first-order valence-electron chi connectivity index (χ1n) is 7.21. The van der Waals surface area contributed by atoms with Gasteiger partial charge < -0.3 is 5.32 Å². The van der Waals surface area contributed by atoms with E-state index in [1.807, 2.05) is 24.3 Å². The molecule has 0 aliphatic rings. The highest BCUT2D eigenvalue weighted by Crippen LogP contribution is 2.26. The Labute approximate surface area is 120 Å². The summed E-state index contributed by atoms with van der Waals surface area (Å²) < 4.78 is 14.0. The molecule has 106 valence electrons. The molecular formula is C18H22FN. The second kappa shape index (κ2) is 6.67. The molecule has 0 amide bonds. The minimum Gasteiger partial charge on any atom is -0.313 e. The summed E-state index contributed by atoms with van der Waals surface area (Å²) in [5.41, 5.74) is 4.00. The van der Waals surface area contributed by atoms with Crippen molar-refractivity contribution in [3.05, 3.63) is 59.4 Å². The molecule has 0 unspecified atom stereocenters. The standard InChI is InChI=1S/C18H22FN/c1-4-20-12-14-5-10-18(19)17(11-14)16-8-6-15(7-9-16)13(2)3/h5-11,13,20H,4,12H2,1-3H3. The number of hydrogen-bond acceptors (Lipinski definition) is 1. The Hall–Kier alpha value is -1.67. The largest absolute Gasteiger partial charge is 0.313 e. The van der Waals surface area contributed by atoms with Gasteiger partial charge in [0.05, 0.1) is 0 Å². The second-order valence-corrected chi connectivity index (χ2v) is 5.37. The molecule has 0 aliphatic heterocycles. The summed E-state index contributed by atoms with van der Waals surface area (Å²) in [7, 11) is 0. The minimum absolute atomic E-state index is 0.164. The summed E-state index contributed by atoms with van der Waals surface area (Å²) >= 11 is 0. The molecule has 1 N–H and O–H groups in total. The normalized spacial score (nSPS) is 11.1. The first-order chi connectivity index (χ1) is 9.61. The fourth-order valence-electron chi connectivity index (χ4n) is 2.22. The third kappa shape index (κ3) is 3.45. The van der Waals surface area contributed by atoms with Gasteiger partial charge in [-0.3, -0.25) is 0 Å². The topological polar surface area (TPSA) is 12.0 Å². The molecule has 0 aliphatic carbocycles. The van der Waals surface area contributed by atoms with E-state index in [4.69, 9.17) is 0 Å². The summed E-state index contributed by atoms with van der Waals surface area (Å²) in [6.45, 7) is 8.07. The molecule has 0 spiro atoms. The van der Waals surface area contributed by atoms with Crippen molar-refractivity contribution < 1.29 is 4.39 Å². The fraction of sp³-hybridized carbons (Fsp3) is 0.333. The van der Waals surface area contributed by atoms with Crippen molar-refractivity contribution in [2.75, 3.05) is 6.54 Å². The maximum Gasteiger partial charge on any atom is 0.131 e. The molecule has 0 fully saturated rings. The average Bonchev–Trinajstić information content (AvgIpc) is 2.46. The van der Waals surface area contributed by atoms with Crippen LogP contribution in [0.2, 0.25) is 0 Å². The SMILES string of the molecule is CCNCc1ccc(F)c(-c2ccc(C(C)C)cc2)c1. The van der Waals surface area contributed by atoms with Crippen LogP contribution in [0.25, 0.3) is 11.1 Å². The molecule has 0 aromatic heterocycles. The second-order valence-electron chi connectivity index (χ2n) is 5.37. The number of halogens is 1. The van der Waals surface area contributed by atoms with Gasteiger partial charge >= 0.3 is 0 Å². The highest BCUT2D eigenvalue weighted by Gasteiger charge is 2.07. The van der Waals surface area contributed by atoms with E-state index in [0.29, 0.717) is 11.5 Å². The molecule has 2 aromatic carbocycles. The number of benzene rings is 2. The molecule has 1 nitrogen and oxygen atoms in total. The van der Waals surface area contributed by atoms with Gasteiger partial charge in [0.25, 0.3) is 0 Å². The molecule has 0 saturated heterocycles. The zero-order chi connectivity index (χ0) is 14.5. The maximum absolute atomic E-state index is 14.0. The minimum atomic E-state index is -0.164. The molecule has 0 saturated carbocycles. The average molecular weight is 271 g/mol. The van der Waals surface area contributed by atoms with Crippen LogP contribution >= 0.6 is 0 Å². The van der Waals surface area contributed by atoms with Crippen LogP contribution in [0.1, 0.15) is 37.8 Å². The van der Waals surface area contributed by atoms with Crippen LogP contribution in [0.5, 0.6) is 0 Å². The van der Waals surface area contributed by atoms with Crippen LogP contribution in [0.3, 0.4) is 0 Å². The zero-order valence-electron chi connectivity index (χ0n) is 12.4. The number of hydrogen-bond donors (Lipinski definition) is 1. The Morgan fingerprint density at radius 1 is 1.05 bits per heavy atom. The van der Waals surface area contributed by atoms with Crippen LogP contribution in [0.15, 0.2) is 42.5 Å². The summed E-state index contributed by atoms with van der Waals surface area (Å²) in [4.78, 5) is 0. The van der Waals surface area contributed by atoms with Gasteiger partial charge in [0.1, 0.15) is 5.82 Å². The van der Waals surface area contributed by atoms with Gasteiger partial charge in [0.15, 0.2) is 0 Å². The van der Waals surface area contributed by atoms with E-state index < -0.39 is 0 Å². The molecule has 20 heavy (non-hydrogen) atoms. The van der Waals surface area contributed by atoms with Crippen molar-refractivity contribution in [3.8, 4) is 11.1 Å². The number of nitrogens with one attached hydrogen (secondary N) is 1. The van der Waals surface area contributed by atoms with Crippen molar-refractivity contribution in [3.63, 3.8) is 0 Å². The van der Waals surface area contributed by atoms with E-state index >= 15 is 0 Å². The Morgan fingerprint density at radius 2 is 1.75 bits per heavy atom. The van der Waals surface area contributed by atoms with Gasteiger partial charge in [0.2, 0.25) is 0 Å². The van der Waals surface area contributed by atoms with E-state index in [0.717, 1.165) is 24.2 Å². The Morgan fingerprint density at radius 3 is 2.35 bits per heavy atom. The maximum atomic E-state index is 14.0. The summed E-state index contributed by atoms with van der Waals surface area (Å²) in [5.74, 6) is 0.330. The van der Waals surface area contributed by atoms with E-state index in [-0.39, 0.29) is 5.82 Å². The summed E-state index contributed by atoms with van der Waals surface area (Å²) in [6.07, 6.45) is 0. The summed E-state index contributed by atoms with van der Waals surface area (Å²) in [5, 5.41) is 3.26. The van der Waals surface area contributed by atoms with Crippen LogP contribution in [0, 0.1) is 5.82 Å². The van der Waals surface area contributed by atoms with Crippen molar-refractivity contribution in [2.24, 2.45) is 0 Å². The lowest BCUT2D eigenvalue weighted by molar-refractivity contribution is 0.629. The Balaban J connectivity index is 2.30. The van der Waals surface area contributed by atoms with Gasteiger partial charge in [-0.1, -0.05) is 51.1 Å². The fourth-order valence-corrected chi connectivity index (χ4v) is 2.22. The zero-order valence-corrected chi connectivity index (χ0v) is 12.4. The van der Waals surface area contributed by atoms with E-state index in [1.165, 1.54) is 5.56 Å². The predicted molar refractivity (Wildman–Crippen MR) is 83.3 cm³/mol. The first-order valence-corrected chi connectivity index (χ1v) is 7.21. The van der Waals surface area contributed by atoms with Crippen molar-refractivity contribution in [1.82, 2.24) is 5.32 Å². The van der Waals surface area contributed by atoms with Crippen molar-refractivity contribution in [2.45, 2.75) is 33.2 Å². The van der Waals surface area contributed by atoms with E-state index in [2.05, 4.69) is 38.2 Å². The lowest BCUT2D eigenvalue weighted by atomic mass is 9.97. The molecule has 0 bridgehead atoms. The van der Waals surface area contributed by atoms with Crippen molar-refractivity contribution >= 4 is 0 Å². The van der Waals surface area contributed by atoms with Crippen LogP contribution in [0.4, 0.5) is 4.39 Å². The van der Waals surface area contributed by atoms with Gasteiger partial charge in [-0.25, -0.2) is 4.39 Å².